The molecule has 0 bridgehead atoms. The molecule has 120 valence electrons. The Kier molecular flexibility index (Phi) is 4.91. The molecule has 0 saturated carbocycles. The van der Waals surface area contributed by atoms with Crippen molar-refractivity contribution < 1.29 is 9.18 Å². The predicted octanol–water partition coefficient (Wildman–Crippen LogP) is 3.01. The predicted molar refractivity (Wildman–Crippen MR) is 89.9 cm³/mol. The average Bonchev–Trinajstić information content (AvgIpc) is 3.03. The van der Waals surface area contributed by atoms with Crippen LogP contribution < -0.4 is 10.2 Å². The molecule has 3 rings (SSSR count). The van der Waals surface area contributed by atoms with Gasteiger partial charge in [-0.2, -0.15) is 0 Å². The molecule has 1 aliphatic rings. The van der Waals surface area contributed by atoms with Crippen molar-refractivity contribution in [3.63, 3.8) is 0 Å². The third kappa shape index (κ3) is 4.31. The maximum absolute atomic E-state index is 13.1. The van der Waals surface area contributed by atoms with E-state index in [1.807, 2.05) is 18.2 Å². The number of benzene rings is 2. The first-order chi connectivity index (χ1) is 11.2. The summed E-state index contributed by atoms with van der Waals surface area (Å²) in [5.74, 6) is 0.116. The van der Waals surface area contributed by atoms with Gasteiger partial charge in [-0.3, -0.25) is 4.79 Å². The number of amides is 1. The fraction of sp³-hybridized carbons (Fsp3) is 0.316. The van der Waals surface area contributed by atoms with Crippen LogP contribution in [0, 0.1) is 11.7 Å². The molecule has 1 atom stereocenters. The zero-order valence-corrected chi connectivity index (χ0v) is 13.0. The number of nitrogens with one attached hydrogen (secondary N) is 1. The number of nitrogens with zero attached hydrogens (tertiary/aromatic N) is 1. The van der Waals surface area contributed by atoms with Crippen LogP contribution in [0.15, 0.2) is 54.6 Å². The third-order valence-electron chi connectivity index (χ3n) is 4.25. The van der Waals surface area contributed by atoms with E-state index in [4.69, 9.17) is 0 Å². The summed E-state index contributed by atoms with van der Waals surface area (Å²) in [6.07, 6.45) is 1.31. The molecule has 0 aliphatic carbocycles. The van der Waals surface area contributed by atoms with Gasteiger partial charge in [0.25, 0.3) is 0 Å². The van der Waals surface area contributed by atoms with Gasteiger partial charge in [0.1, 0.15) is 5.82 Å². The highest BCUT2D eigenvalue weighted by Gasteiger charge is 2.22. The Bertz CT molecular complexity index is 659. The lowest BCUT2D eigenvalue weighted by atomic mass is 10.1. The Labute approximate surface area is 136 Å². The van der Waals surface area contributed by atoms with E-state index in [0.29, 0.717) is 18.0 Å². The van der Waals surface area contributed by atoms with Crippen molar-refractivity contribution in [1.82, 2.24) is 5.32 Å². The van der Waals surface area contributed by atoms with Crippen LogP contribution in [0.2, 0.25) is 0 Å². The SMILES string of the molecule is O=C(Cc1cccc(F)c1)NCC1CCN(c2ccccc2)C1. The molecule has 1 N–H and O–H groups in total. The smallest absolute Gasteiger partial charge is 0.224 e. The van der Waals surface area contributed by atoms with Gasteiger partial charge in [-0.15, -0.1) is 0 Å². The summed E-state index contributed by atoms with van der Waals surface area (Å²) in [7, 11) is 0. The minimum atomic E-state index is -0.301. The van der Waals surface area contributed by atoms with Crippen LogP contribution in [0.1, 0.15) is 12.0 Å². The molecular weight excluding hydrogens is 291 g/mol. The Balaban J connectivity index is 1.45. The number of hydrogen-bond acceptors (Lipinski definition) is 2. The molecule has 1 fully saturated rings. The van der Waals surface area contributed by atoms with E-state index >= 15 is 0 Å². The van der Waals surface area contributed by atoms with Gasteiger partial charge in [0, 0.05) is 25.3 Å². The first kappa shape index (κ1) is 15.5. The Morgan fingerprint density at radius 2 is 2.00 bits per heavy atom. The van der Waals surface area contributed by atoms with Crippen LogP contribution in [0.5, 0.6) is 0 Å². The van der Waals surface area contributed by atoms with Gasteiger partial charge in [-0.05, 0) is 42.2 Å². The lowest BCUT2D eigenvalue weighted by Gasteiger charge is -2.18. The number of carbonyl (C=O) groups is 1. The van der Waals surface area contributed by atoms with Crippen molar-refractivity contribution >= 4 is 11.6 Å². The third-order valence-corrected chi connectivity index (χ3v) is 4.25. The first-order valence-electron chi connectivity index (χ1n) is 8.02. The average molecular weight is 312 g/mol. The van der Waals surface area contributed by atoms with Gasteiger partial charge in [0.2, 0.25) is 5.91 Å². The second-order valence-electron chi connectivity index (χ2n) is 6.05. The summed E-state index contributed by atoms with van der Waals surface area (Å²) in [5, 5.41) is 2.98. The molecule has 3 nitrogen and oxygen atoms in total. The fourth-order valence-corrected chi connectivity index (χ4v) is 3.03. The van der Waals surface area contributed by atoms with Crippen LogP contribution in [-0.2, 0) is 11.2 Å². The van der Waals surface area contributed by atoms with E-state index in [-0.39, 0.29) is 18.1 Å². The zero-order valence-electron chi connectivity index (χ0n) is 13.0. The maximum atomic E-state index is 13.1. The van der Waals surface area contributed by atoms with E-state index in [0.717, 1.165) is 19.5 Å². The molecule has 0 spiro atoms. The summed E-state index contributed by atoms with van der Waals surface area (Å²) in [4.78, 5) is 14.3. The monoisotopic (exact) mass is 312 g/mol. The maximum Gasteiger partial charge on any atom is 0.224 e. The van der Waals surface area contributed by atoms with E-state index in [2.05, 4.69) is 22.3 Å². The minimum Gasteiger partial charge on any atom is -0.371 e. The minimum absolute atomic E-state index is 0.0474. The van der Waals surface area contributed by atoms with Gasteiger partial charge < -0.3 is 10.2 Å². The van der Waals surface area contributed by atoms with Gasteiger partial charge in [-0.25, -0.2) is 4.39 Å². The number of anilines is 1. The standard InChI is InChI=1S/C19H21FN2O/c20-17-6-4-5-15(11-17)12-19(23)21-13-16-9-10-22(14-16)18-7-2-1-3-8-18/h1-8,11,16H,9-10,12-14H2,(H,21,23). The second kappa shape index (κ2) is 7.27. The molecule has 4 heteroatoms. The zero-order chi connectivity index (χ0) is 16.1. The summed E-state index contributed by atoms with van der Waals surface area (Å²) in [6, 6.07) is 16.5. The highest BCUT2D eigenvalue weighted by atomic mass is 19.1. The molecule has 1 heterocycles. The molecule has 1 saturated heterocycles. The topological polar surface area (TPSA) is 32.3 Å². The van der Waals surface area contributed by atoms with E-state index < -0.39 is 0 Å². The lowest BCUT2D eigenvalue weighted by molar-refractivity contribution is -0.120. The first-order valence-corrected chi connectivity index (χ1v) is 8.02. The number of para-hydroxylation sites is 1. The highest BCUT2D eigenvalue weighted by Crippen LogP contribution is 2.22. The van der Waals surface area contributed by atoms with E-state index in [1.54, 1.807) is 12.1 Å². The summed E-state index contributed by atoms with van der Waals surface area (Å²) in [5.41, 5.74) is 1.95. The lowest BCUT2D eigenvalue weighted by Crippen LogP contribution is -2.32. The van der Waals surface area contributed by atoms with Gasteiger partial charge >= 0.3 is 0 Å². The quantitative estimate of drug-likeness (QED) is 0.920. The largest absolute Gasteiger partial charge is 0.371 e. The van der Waals surface area contributed by atoms with Crippen LogP contribution in [0.3, 0.4) is 0 Å². The Hall–Kier alpha value is -2.36. The van der Waals surface area contributed by atoms with Gasteiger partial charge in [0.05, 0.1) is 6.42 Å². The molecular formula is C19H21FN2O. The highest BCUT2D eigenvalue weighted by molar-refractivity contribution is 5.78. The fourth-order valence-electron chi connectivity index (χ4n) is 3.03. The molecule has 1 unspecified atom stereocenters. The summed E-state index contributed by atoms with van der Waals surface area (Å²) in [6.45, 7) is 2.66. The summed E-state index contributed by atoms with van der Waals surface area (Å²) < 4.78 is 13.1. The van der Waals surface area contributed by atoms with Crippen LogP contribution >= 0.6 is 0 Å². The Morgan fingerprint density at radius 3 is 2.78 bits per heavy atom. The van der Waals surface area contributed by atoms with Crippen molar-refractivity contribution in [2.45, 2.75) is 12.8 Å². The molecule has 2 aromatic carbocycles. The molecule has 2 aromatic rings. The van der Waals surface area contributed by atoms with Gasteiger partial charge in [-0.1, -0.05) is 30.3 Å². The second-order valence-corrected chi connectivity index (χ2v) is 6.05. The summed E-state index contributed by atoms with van der Waals surface area (Å²) >= 11 is 0. The molecule has 1 amide bonds. The number of carbonyl (C=O) groups excluding carboxylic acids is 1. The normalized spacial score (nSPS) is 17.3. The van der Waals surface area contributed by atoms with Crippen LogP contribution in [0.25, 0.3) is 0 Å². The number of rotatable bonds is 5. The number of hydrogen-bond donors (Lipinski definition) is 1. The van der Waals surface area contributed by atoms with E-state index in [1.165, 1.54) is 17.8 Å². The van der Waals surface area contributed by atoms with Crippen molar-refractivity contribution in [2.24, 2.45) is 5.92 Å². The van der Waals surface area contributed by atoms with Crippen LogP contribution in [-0.4, -0.2) is 25.5 Å². The van der Waals surface area contributed by atoms with Crippen molar-refractivity contribution in [1.29, 1.82) is 0 Å². The number of halogens is 1. The van der Waals surface area contributed by atoms with Gasteiger partial charge in [0.15, 0.2) is 0 Å². The molecule has 0 radical (unpaired) electrons. The molecule has 23 heavy (non-hydrogen) atoms. The molecule has 1 aliphatic heterocycles. The van der Waals surface area contributed by atoms with E-state index in [9.17, 15) is 9.18 Å². The van der Waals surface area contributed by atoms with Crippen molar-refractivity contribution in [2.75, 3.05) is 24.5 Å². The Morgan fingerprint density at radius 1 is 1.17 bits per heavy atom. The van der Waals surface area contributed by atoms with Crippen molar-refractivity contribution in [3.8, 4) is 0 Å². The van der Waals surface area contributed by atoms with Crippen molar-refractivity contribution in [3.05, 3.63) is 66.0 Å². The van der Waals surface area contributed by atoms with Crippen LogP contribution in [0.4, 0.5) is 10.1 Å². The molecule has 0 aromatic heterocycles.